The molecule has 1 saturated carbocycles. The summed E-state index contributed by atoms with van der Waals surface area (Å²) in [6.45, 7) is 9.22. The number of nitrogens with zero attached hydrogens (tertiary/aromatic N) is 1. The number of benzene rings is 1. The number of carbonyl (C=O) groups is 1. The lowest BCUT2D eigenvalue weighted by Crippen LogP contribution is -2.54. The molecule has 1 aromatic carbocycles. The summed E-state index contributed by atoms with van der Waals surface area (Å²) < 4.78 is 11.2. The van der Waals surface area contributed by atoms with Gasteiger partial charge in [0, 0.05) is 42.4 Å². The van der Waals surface area contributed by atoms with Crippen LogP contribution in [0.1, 0.15) is 56.6 Å². The average molecular weight is 440 g/mol. The minimum absolute atomic E-state index is 0.0417. The highest BCUT2D eigenvalue weighted by Crippen LogP contribution is 2.39. The molecule has 32 heavy (non-hydrogen) atoms. The maximum Gasteiger partial charge on any atom is 0.339 e. The van der Waals surface area contributed by atoms with Crippen LogP contribution in [0.2, 0.25) is 0 Å². The molecule has 1 N–H and O–H groups in total. The van der Waals surface area contributed by atoms with Crippen LogP contribution in [0, 0.1) is 12.8 Å². The second-order valence-electron chi connectivity index (χ2n) is 9.53. The quantitative estimate of drug-likeness (QED) is 0.540. The molecule has 6 heteroatoms. The van der Waals surface area contributed by atoms with E-state index >= 15 is 0 Å². The van der Waals surface area contributed by atoms with Crippen molar-refractivity contribution in [1.82, 2.24) is 4.90 Å². The van der Waals surface area contributed by atoms with Crippen LogP contribution in [0.5, 0.6) is 5.75 Å². The Labute approximate surface area is 188 Å². The van der Waals surface area contributed by atoms with E-state index in [2.05, 4.69) is 6.58 Å². The molecule has 1 aliphatic heterocycles. The van der Waals surface area contributed by atoms with Crippen molar-refractivity contribution in [3.8, 4) is 5.75 Å². The highest BCUT2D eigenvalue weighted by Gasteiger charge is 2.43. The van der Waals surface area contributed by atoms with E-state index < -0.39 is 11.2 Å². The summed E-state index contributed by atoms with van der Waals surface area (Å²) in [4.78, 5) is 27.4. The van der Waals surface area contributed by atoms with E-state index in [1.807, 2.05) is 30.9 Å². The molecule has 0 spiro atoms. The van der Waals surface area contributed by atoms with Crippen molar-refractivity contribution in [3.05, 3.63) is 51.9 Å². The van der Waals surface area contributed by atoms with Crippen molar-refractivity contribution in [2.45, 2.75) is 64.4 Å². The Hall–Kier alpha value is -2.60. The SMILES string of the molecule is C=C(C)COc1ccc2c(C)c(CCC(=O)N3CC[C@]4(O)CCCC[C@@H]4C3)c(=O)oc2c1. The van der Waals surface area contributed by atoms with Crippen molar-refractivity contribution in [2.24, 2.45) is 5.92 Å². The number of carbonyl (C=O) groups excluding carboxylic acids is 1. The molecular formula is C26H33NO5. The van der Waals surface area contributed by atoms with Gasteiger partial charge in [-0.3, -0.25) is 4.79 Å². The minimum Gasteiger partial charge on any atom is -0.489 e. The van der Waals surface area contributed by atoms with Gasteiger partial charge in [-0.1, -0.05) is 19.4 Å². The standard InChI is InChI=1S/C26H33NO5/c1-17(2)16-31-20-7-8-21-18(3)22(25(29)32-23(21)14-20)9-10-24(28)27-13-12-26(30)11-5-4-6-19(26)15-27/h7-8,14,19,30H,1,4-6,9-13,15-16H2,2-3H3/t19-,26-/m1/s1. The van der Waals surface area contributed by atoms with E-state index in [4.69, 9.17) is 9.15 Å². The zero-order valence-electron chi connectivity index (χ0n) is 19.1. The second kappa shape index (κ2) is 9.10. The first-order chi connectivity index (χ1) is 15.3. The Morgan fingerprint density at radius 2 is 2.16 bits per heavy atom. The fraction of sp³-hybridized carbons (Fsp3) is 0.538. The first kappa shape index (κ1) is 22.6. The molecule has 1 amide bonds. The van der Waals surface area contributed by atoms with E-state index in [0.717, 1.165) is 42.2 Å². The van der Waals surface area contributed by atoms with Gasteiger partial charge in [0.05, 0.1) is 5.60 Å². The zero-order chi connectivity index (χ0) is 22.9. The molecule has 0 unspecified atom stereocenters. The number of hydrogen-bond donors (Lipinski definition) is 1. The van der Waals surface area contributed by atoms with E-state index in [-0.39, 0.29) is 18.2 Å². The number of rotatable bonds is 6. The summed E-state index contributed by atoms with van der Waals surface area (Å²) in [6, 6.07) is 5.47. The van der Waals surface area contributed by atoms with Gasteiger partial charge < -0.3 is 19.2 Å². The van der Waals surface area contributed by atoms with Crippen molar-refractivity contribution in [2.75, 3.05) is 19.7 Å². The topological polar surface area (TPSA) is 80.0 Å². The zero-order valence-corrected chi connectivity index (χ0v) is 19.1. The second-order valence-corrected chi connectivity index (χ2v) is 9.53. The number of aliphatic hydroxyl groups is 1. The van der Waals surface area contributed by atoms with E-state index in [0.29, 0.717) is 49.4 Å². The summed E-state index contributed by atoms with van der Waals surface area (Å²) in [6.07, 6.45) is 5.27. The Morgan fingerprint density at radius 1 is 1.34 bits per heavy atom. The molecular weight excluding hydrogens is 406 g/mol. The maximum atomic E-state index is 12.9. The molecule has 1 aliphatic carbocycles. The molecule has 172 valence electrons. The Kier molecular flexibility index (Phi) is 6.42. The van der Waals surface area contributed by atoms with Crippen LogP contribution in [0.3, 0.4) is 0 Å². The van der Waals surface area contributed by atoms with Gasteiger partial charge in [-0.2, -0.15) is 0 Å². The van der Waals surface area contributed by atoms with E-state index in [1.54, 1.807) is 6.07 Å². The number of piperidine rings is 1. The number of hydrogen-bond acceptors (Lipinski definition) is 5. The van der Waals surface area contributed by atoms with Crippen molar-refractivity contribution < 1.29 is 19.1 Å². The lowest BCUT2D eigenvalue weighted by atomic mass is 9.71. The summed E-state index contributed by atoms with van der Waals surface area (Å²) >= 11 is 0. The lowest BCUT2D eigenvalue weighted by Gasteiger charge is -2.47. The smallest absolute Gasteiger partial charge is 0.339 e. The third-order valence-corrected chi connectivity index (χ3v) is 7.11. The highest BCUT2D eigenvalue weighted by atomic mass is 16.5. The van der Waals surface area contributed by atoms with Gasteiger partial charge >= 0.3 is 5.63 Å². The average Bonchev–Trinajstić information content (AvgIpc) is 2.76. The molecule has 2 fully saturated rings. The fourth-order valence-corrected chi connectivity index (χ4v) is 5.15. The predicted octanol–water partition coefficient (Wildman–Crippen LogP) is 4.14. The van der Waals surface area contributed by atoms with Gasteiger partial charge in [0.2, 0.25) is 5.91 Å². The summed E-state index contributed by atoms with van der Waals surface area (Å²) in [5, 5.41) is 11.7. The molecule has 0 radical (unpaired) electrons. The van der Waals surface area contributed by atoms with Crippen LogP contribution in [-0.4, -0.2) is 41.2 Å². The predicted molar refractivity (Wildman–Crippen MR) is 124 cm³/mol. The maximum absolute atomic E-state index is 12.9. The monoisotopic (exact) mass is 439 g/mol. The van der Waals surface area contributed by atoms with Gasteiger partial charge in [-0.25, -0.2) is 4.79 Å². The van der Waals surface area contributed by atoms with Gasteiger partial charge in [0.25, 0.3) is 0 Å². The molecule has 2 aliphatic rings. The Bertz CT molecular complexity index is 1090. The Morgan fingerprint density at radius 3 is 2.94 bits per heavy atom. The molecule has 4 rings (SSSR count). The summed E-state index contributed by atoms with van der Waals surface area (Å²) in [7, 11) is 0. The molecule has 2 atom stereocenters. The first-order valence-corrected chi connectivity index (χ1v) is 11.6. The van der Waals surface area contributed by atoms with Gasteiger partial charge in [0.1, 0.15) is 17.9 Å². The summed E-state index contributed by atoms with van der Waals surface area (Å²) in [5.74, 6) is 0.835. The number of aryl methyl sites for hydroxylation is 1. The number of amides is 1. The minimum atomic E-state index is -0.599. The fourth-order valence-electron chi connectivity index (χ4n) is 5.15. The Balaban J connectivity index is 1.44. The molecule has 1 saturated heterocycles. The van der Waals surface area contributed by atoms with Crippen LogP contribution in [0.25, 0.3) is 11.0 Å². The van der Waals surface area contributed by atoms with Gasteiger partial charge in [0.15, 0.2) is 0 Å². The molecule has 6 nitrogen and oxygen atoms in total. The molecule has 2 heterocycles. The van der Waals surface area contributed by atoms with Gasteiger partial charge in [-0.05, 0) is 62.8 Å². The van der Waals surface area contributed by atoms with Gasteiger partial charge in [-0.15, -0.1) is 0 Å². The molecule has 2 aromatic rings. The van der Waals surface area contributed by atoms with E-state index in [9.17, 15) is 14.7 Å². The molecule has 1 aromatic heterocycles. The number of fused-ring (bicyclic) bond motifs is 2. The van der Waals surface area contributed by atoms with E-state index in [1.165, 1.54) is 0 Å². The molecule has 0 bridgehead atoms. The van der Waals surface area contributed by atoms with Crippen LogP contribution in [-0.2, 0) is 11.2 Å². The van der Waals surface area contributed by atoms with Crippen LogP contribution in [0.15, 0.2) is 39.6 Å². The van der Waals surface area contributed by atoms with Crippen molar-refractivity contribution in [3.63, 3.8) is 0 Å². The highest BCUT2D eigenvalue weighted by molar-refractivity contribution is 5.83. The third-order valence-electron chi connectivity index (χ3n) is 7.11. The van der Waals surface area contributed by atoms with Crippen molar-refractivity contribution in [1.29, 1.82) is 0 Å². The van der Waals surface area contributed by atoms with Crippen LogP contribution < -0.4 is 10.4 Å². The lowest BCUT2D eigenvalue weighted by molar-refractivity contribution is -0.143. The van der Waals surface area contributed by atoms with Crippen LogP contribution in [0.4, 0.5) is 0 Å². The number of likely N-dealkylation sites (tertiary alicyclic amines) is 1. The van der Waals surface area contributed by atoms with Crippen LogP contribution >= 0.6 is 0 Å². The first-order valence-electron chi connectivity index (χ1n) is 11.6. The third kappa shape index (κ3) is 4.60. The summed E-state index contributed by atoms with van der Waals surface area (Å²) in [5.41, 5.74) is 1.78. The largest absolute Gasteiger partial charge is 0.489 e. The normalized spacial score (nSPS) is 23.1. The van der Waals surface area contributed by atoms with Crippen molar-refractivity contribution >= 4 is 16.9 Å². The number of ether oxygens (including phenoxy) is 1.